The van der Waals surface area contributed by atoms with Gasteiger partial charge in [-0.3, -0.25) is 4.79 Å². The average molecular weight is 393 g/mol. The number of hydrogen-bond donors (Lipinski definition) is 2. The normalized spacial score (nSPS) is 11.4. The SMILES string of the molecule is CC(NC(=O)COC(=O)c1cccnc1Nc1ccccc1F)c1ccccc1. The Labute approximate surface area is 167 Å². The second-order valence-electron chi connectivity index (χ2n) is 6.28. The van der Waals surface area contributed by atoms with E-state index in [0.29, 0.717) is 0 Å². The van der Waals surface area contributed by atoms with Crippen LogP contribution in [0.3, 0.4) is 0 Å². The number of anilines is 2. The first kappa shape index (κ1) is 20.0. The summed E-state index contributed by atoms with van der Waals surface area (Å²) in [5.41, 5.74) is 1.21. The minimum absolute atomic E-state index is 0.0969. The Morgan fingerprint density at radius 3 is 2.52 bits per heavy atom. The topological polar surface area (TPSA) is 80.3 Å². The molecular formula is C22H20FN3O3. The molecule has 148 valence electrons. The fraction of sp³-hybridized carbons (Fsp3) is 0.136. The fourth-order valence-electron chi connectivity index (χ4n) is 2.68. The number of carbonyl (C=O) groups excluding carboxylic acids is 2. The van der Waals surface area contributed by atoms with Crippen LogP contribution < -0.4 is 10.6 Å². The number of ether oxygens (including phenoxy) is 1. The summed E-state index contributed by atoms with van der Waals surface area (Å²) in [6, 6.07) is 18.3. The number of para-hydroxylation sites is 1. The number of hydrogen-bond acceptors (Lipinski definition) is 5. The van der Waals surface area contributed by atoms with E-state index in [1.807, 2.05) is 37.3 Å². The number of aromatic nitrogens is 1. The van der Waals surface area contributed by atoms with E-state index in [0.717, 1.165) is 5.56 Å². The molecule has 0 saturated heterocycles. The Bertz CT molecular complexity index is 995. The van der Waals surface area contributed by atoms with E-state index in [4.69, 9.17) is 4.74 Å². The third-order valence-electron chi connectivity index (χ3n) is 4.17. The highest BCUT2D eigenvalue weighted by atomic mass is 19.1. The molecule has 1 aromatic heterocycles. The van der Waals surface area contributed by atoms with Crippen LogP contribution in [0, 0.1) is 5.82 Å². The third-order valence-corrected chi connectivity index (χ3v) is 4.17. The quantitative estimate of drug-likeness (QED) is 0.593. The molecule has 0 fully saturated rings. The lowest BCUT2D eigenvalue weighted by Gasteiger charge is -2.15. The van der Waals surface area contributed by atoms with Crippen molar-refractivity contribution in [3.05, 3.63) is 89.9 Å². The molecule has 7 heteroatoms. The van der Waals surface area contributed by atoms with Crippen LogP contribution in [0.4, 0.5) is 15.9 Å². The lowest BCUT2D eigenvalue weighted by atomic mass is 10.1. The van der Waals surface area contributed by atoms with Gasteiger partial charge in [-0.15, -0.1) is 0 Å². The molecular weight excluding hydrogens is 373 g/mol. The van der Waals surface area contributed by atoms with Crippen LogP contribution >= 0.6 is 0 Å². The van der Waals surface area contributed by atoms with Gasteiger partial charge in [-0.25, -0.2) is 14.2 Å². The van der Waals surface area contributed by atoms with Gasteiger partial charge in [0.05, 0.1) is 11.7 Å². The Morgan fingerprint density at radius 1 is 1.03 bits per heavy atom. The number of nitrogens with one attached hydrogen (secondary N) is 2. The Balaban J connectivity index is 1.61. The molecule has 29 heavy (non-hydrogen) atoms. The third kappa shape index (κ3) is 5.38. The maximum atomic E-state index is 13.9. The van der Waals surface area contributed by atoms with Gasteiger partial charge in [0.15, 0.2) is 6.61 Å². The molecule has 2 aromatic carbocycles. The van der Waals surface area contributed by atoms with E-state index in [-0.39, 0.29) is 23.1 Å². The van der Waals surface area contributed by atoms with Gasteiger partial charge in [0, 0.05) is 6.20 Å². The first-order chi connectivity index (χ1) is 14.0. The van der Waals surface area contributed by atoms with Crippen molar-refractivity contribution in [2.24, 2.45) is 0 Å². The standard InChI is InChI=1S/C22H20FN3O3/c1-15(16-8-3-2-4-9-16)25-20(27)14-29-22(28)17-10-7-13-24-21(17)26-19-12-6-5-11-18(19)23/h2-13,15H,14H2,1H3,(H,24,26)(H,25,27). The van der Waals surface area contributed by atoms with Crippen LogP contribution in [-0.2, 0) is 9.53 Å². The molecule has 1 unspecified atom stereocenters. The largest absolute Gasteiger partial charge is 0.452 e. The van der Waals surface area contributed by atoms with Crippen molar-refractivity contribution in [2.75, 3.05) is 11.9 Å². The maximum Gasteiger partial charge on any atom is 0.342 e. The summed E-state index contributed by atoms with van der Waals surface area (Å²) in [7, 11) is 0. The summed E-state index contributed by atoms with van der Waals surface area (Å²) in [6.45, 7) is 1.40. The van der Waals surface area contributed by atoms with Crippen LogP contribution in [-0.4, -0.2) is 23.5 Å². The monoisotopic (exact) mass is 393 g/mol. The fourth-order valence-corrected chi connectivity index (χ4v) is 2.68. The summed E-state index contributed by atoms with van der Waals surface area (Å²) < 4.78 is 19.0. The second kappa shape index (κ2) is 9.45. The molecule has 3 rings (SSSR count). The number of amides is 1. The highest BCUT2D eigenvalue weighted by Gasteiger charge is 2.17. The van der Waals surface area contributed by atoms with Gasteiger partial charge in [-0.2, -0.15) is 0 Å². The Kier molecular flexibility index (Phi) is 6.52. The highest BCUT2D eigenvalue weighted by molar-refractivity contribution is 5.96. The van der Waals surface area contributed by atoms with Crippen LogP contribution in [0.25, 0.3) is 0 Å². The van der Waals surface area contributed by atoms with Gasteiger partial charge >= 0.3 is 5.97 Å². The number of nitrogens with zero attached hydrogens (tertiary/aromatic N) is 1. The molecule has 0 spiro atoms. The summed E-state index contributed by atoms with van der Waals surface area (Å²) in [4.78, 5) is 28.6. The lowest BCUT2D eigenvalue weighted by molar-refractivity contribution is -0.124. The Hall–Kier alpha value is -3.74. The number of carbonyl (C=O) groups is 2. The van der Waals surface area contributed by atoms with Gasteiger partial charge in [0.1, 0.15) is 17.2 Å². The molecule has 0 aliphatic heterocycles. The van der Waals surface area contributed by atoms with Crippen LogP contribution in [0.1, 0.15) is 28.9 Å². The molecule has 1 atom stereocenters. The number of rotatable bonds is 7. The number of pyridine rings is 1. The molecule has 0 bridgehead atoms. The smallest absolute Gasteiger partial charge is 0.342 e. The van der Waals surface area contributed by atoms with Gasteiger partial charge in [-0.05, 0) is 36.8 Å². The molecule has 0 saturated carbocycles. The van der Waals surface area contributed by atoms with Crippen molar-refractivity contribution in [1.82, 2.24) is 10.3 Å². The van der Waals surface area contributed by atoms with E-state index in [1.165, 1.54) is 24.4 Å². The molecule has 1 heterocycles. The van der Waals surface area contributed by atoms with Crippen LogP contribution in [0.2, 0.25) is 0 Å². The van der Waals surface area contributed by atoms with Crippen LogP contribution in [0.5, 0.6) is 0 Å². The number of esters is 1. The molecule has 0 aliphatic carbocycles. The summed E-state index contributed by atoms with van der Waals surface area (Å²) in [5, 5.41) is 5.54. The van der Waals surface area contributed by atoms with E-state index >= 15 is 0 Å². The van der Waals surface area contributed by atoms with E-state index < -0.39 is 24.3 Å². The summed E-state index contributed by atoms with van der Waals surface area (Å²) in [6.07, 6.45) is 1.47. The van der Waals surface area contributed by atoms with Crippen molar-refractivity contribution < 1.29 is 18.7 Å². The van der Waals surface area contributed by atoms with E-state index in [9.17, 15) is 14.0 Å². The van der Waals surface area contributed by atoms with E-state index in [1.54, 1.807) is 18.2 Å². The molecule has 6 nitrogen and oxygen atoms in total. The summed E-state index contributed by atoms with van der Waals surface area (Å²) >= 11 is 0. The zero-order valence-corrected chi connectivity index (χ0v) is 15.8. The maximum absolute atomic E-state index is 13.9. The van der Waals surface area contributed by atoms with Gasteiger partial charge < -0.3 is 15.4 Å². The van der Waals surface area contributed by atoms with Gasteiger partial charge in [0.2, 0.25) is 0 Å². The van der Waals surface area contributed by atoms with Crippen LogP contribution in [0.15, 0.2) is 72.9 Å². The second-order valence-corrected chi connectivity index (χ2v) is 6.28. The summed E-state index contributed by atoms with van der Waals surface area (Å²) in [5.74, 6) is -1.51. The first-order valence-corrected chi connectivity index (χ1v) is 9.02. The van der Waals surface area contributed by atoms with Gasteiger partial charge in [0.25, 0.3) is 5.91 Å². The zero-order chi connectivity index (χ0) is 20.6. The first-order valence-electron chi connectivity index (χ1n) is 9.02. The minimum atomic E-state index is -0.737. The number of benzene rings is 2. The van der Waals surface area contributed by atoms with Crippen molar-refractivity contribution in [1.29, 1.82) is 0 Å². The van der Waals surface area contributed by atoms with Gasteiger partial charge in [-0.1, -0.05) is 42.5 Å². The predicted octanol–water partition coefficient (Wildman–Crippen LogP) is 4.00. The Morgan fingerprint density at radius 2 is 1.76 bits per heavy atom. The lowest BCUT2D eigenvalue weighted by Crippen LogP contribution is -2.31. The molecule has 2 N–H and O–H groups in total. The average Bonchev–Trinajstić information content (AvgIpc) is 2.74. The van der Waals surface area contributed by atoms with E-state index in [2.05, 4.69) is 15.6 Å². The molecule has 1 amide bonds. The highest BCUT2D eigenvalue weighted by Crippen LogP contribution is 2.21. The van der Waals surface area contributed by atoms with Crippen molar-refractivity contribution in [3.63, 3.8) is 0 Å². The predicted molar refractivity (Wildman–Crippen MR) is 107 cm³/mol. The van der Waals surface area contributed by atoms with Crippen molar-refractivity contribution >= 4 is 23.4 Å². The molecule has 3 aromatic rings. The molecule has 0 aliphatic rings. The minimum Gasteiger partial charge on any atom is -0.452 e. The molecule has 0 radical (unpaired) electrons. The van der Waals surface area contributed by atoms with Crippen molar-refractivity contribution in [2.45, 2.75) is 13.0 Å². The zero-order valence-electron chi connectivity index (χ0n) is 15.8. The number of halogens is 1. The van der Waals surface area contributed by atoms with Crippen molar-refractivity contribution in [3.8, 4) is 0 Å².